The fourth-order valence-electron chi connectivity index (χ4n) is 5.70. The Balaban J connectivity index is 1.55. The Morgan fingerprint density at radius 1 is 1.21 bits per heavy atom. The van der Waals surface area contributed by atoms with E-state index >= 15 is 0 Å². The molecule has 0 spiro atoms. The lowest BCUT2D eigenvalue weighted by Crippen LogP contribution is -2.56. The van der Waals surface area contributed by atoms with E-state index in [0.717, 1.165) is 36.9 Å². The van der Waals surface area contributed by atoms with E-state index in [1.165, 1.54) is 0 Å². The zero-order chi connectivity index (χ0) is 24.4. The predicted octanol–water partition coefficient (Wildman–Crippen LogP) is 2.03. The number of nitriles is 1. The number of carboxylic acid groups (broad SMARTS) is 1. The third-order valence-electron chi connectivity index (χ3n) is 7.30. The maximum atomic E-state index is 13.7. The van der Waals surface area contributed by atoms with Gasteiger partial charge in [-0.2, -0.15) is 5.26 Å². The first-order valence-electron chi connectivity index (χ1n) is 11.8. The molecule has 10 heteroatoms. The second-order valence-corrected chi connectivity index (χ2v) is 9.45. The fourth-order valence-corrected chi connectivity index (χ4v) is 5.70. The topological polar surface area (TPSA) is 136 Å². The van der Waals surface area contributed by atoms with Crippen LogP contribution in [0.5, 0.6) is 5.88 Å². The first-order chi connectivity index (χ1) is 16.3. The van der Waals surface area contributed by atoms with Crippen molar-refractivity contribution in [3.8, 4) is 11.9 Å². The Kier molecular flexibility index (Phi) is 6.91. The Bertz CT molecular complexity index is 1010. The van der Waals surface area contributed by atoms with E-state index in [1.807, 2.05) is 19.1 Å². The van der Waals surface area contributed by atoms with Crippen molar-refractivity contribution >= 4 is 17.9 Å². The van der Waals surface area contributed by atoms with Crippen LogP contribution in [-0.4, -0.2) is 76.1 Å². The van der Waals surface area contributed by atoms with E-state index in [4.69, 9.17) is 4.74 Å². The average molecular weight is 470 g/mol. The van der Waals surface area contributed by atoms with Gasteiger partial charge >= 0.3 is 6.09 Å². The molecule has 3 fully saturated rings. The minimum absolute atomic E-state index is 0.0582. The van der Waals surface area contributed by atoms with Crippen molar-refractivity contribution in [2.24, 2.45) is 5.92 Å². The van der Waals surface area contributed by atoms with E-state index in [1.54, 1.807) is 16.9 Å². The minimum Gasteiger partial charge on any atom is -0.481 e. The highest BCUT2D eigenvalue weighted by Gasteiger charge is 2.47. The Morgan fingerprint density at radius 3 is 2.68 bits per heavy atom. The number of pyridine rings is 1. The van der Waals surface area contributed by atoms with E-state index < -0.39 is 18.2 Å². The summed E-state index contributed by atoms with van der Waals surface area (Å²) in [5, 5.41) is 21.3. The largest absolute Gasteiger partial charge is 0.481 e. The standard InChI is InChI=1S/C24H31N5O5/c1-14-9-15(10-21(26-14)34-2)18-13-28(12-16(18)11-25)23(31)20-8-7-17-5-3-4-6-19(27-24(32)33)22(30)29(17)20/h9-10,16-20,27H,3-8,12-13H2,1-2H3,(H,32,33)/t16-,17+,18+,19+,20+/m1/s1. The lowest BCUT2D eigenvalue weighted by atomic mass is 9.90. The second-order valence-electron chi connectivity index (χ2n) is 9.45. The molecule has 5 atom stereocenters. The van der Waals surface area contributed by atoms with Gasteiger partial charge in [0.05, 0.1) is 19.1 Å². The zero-order valence-electron chi connectivity index (χ0n) is 19.6. The summed E-state index contributed by atoms with van der Waals surface area (Å²) in [6.45, 7) is 2.53. The van der Waals surface area contributed by atoms with E-state index in [2.05, 4.69) is 16.4 Å². The van der Waals surface area contributed by atoms with Crippen molar-refractivity contribution in [3.63, 3.8) is 0 Å². The molecular formula is C24H31N5O5. The third kappa shape index (κ3) is 4.65. The van der Waals surface area contributed by atoms with Crippen molar-refractivity contribution in [1.29, 1.82) is 5.26 Å². The zero-order valence-corrected chi connectivity index (χ0v) is 19.6. The van der Waals surface area contributed by atoms with Crippen LogP contribution in [0.25, 0.3) is 0 Å². The van der Waals surface area contributed by atoms with Gasteiger partial charge in [-0.15, -0.1) is 0 Å². The normalized spacial score (nSPS) is 29.1. The van der Waals surface area contributed by atoms with Crippen LogP contribution in [0.1, 0.15) is 55.7 Å². The smallest absolute Gasteiger partial charge is 0.405 e. The SMILES string of the molecule is COc1cc([C@@H]2CN(C(=O)[C@@H]3CC[C@@H]4CCCC[C@H](NC(=O)O)C(=O)N43)C[C@H]2C#N)cc(C)n1. The maximum Gasteiger partial charge on any atom is 0.405 e. The molecule has 0 aromatic carbocycles. The summed E-state index contributed by atoms with van der Waals surface area (Å²) in [6, 6.07) is 4.56. The van der Waals surface area contributed by atoms with E-state index in [9.17, 15) is 24.8 Å². The van der Waals surface area contributed by atoms with Crippen molar-refractivity contribution < 1.29 is 24.2 Å². The highest BCUT2D eigenvalue weighted by molar-refractivity contribution is 5.92. The first-order valence-corrected chi connectivity index (χ1v) is 11.8. The highest BCUT2D eigenvalue weighted by atomic mass is 16.5. The molecule has 1 aromatic heterocycles. The molecule has 0 radical (unpaired) electrons. The molecule has 3 aliphatic rings. The minimum atomic E-state index is -1.24. The molecular weight excluding hydrogens is 438 g/mol. The van der Waals surface area contributed by atoms with Gasteiger partial charge in [0.1, 0.15) is 12.1 Å². The van der Waals surface area contributed by atoms with Crippen molar-refractivity contribution in [1.82, 2.24) is 20.1 Å². The molecule has 182 valence electrons. The number of amides is 3. The van der Waals surface area contributed by atoms with Crippen LogP contribution in [0.15, 0.2) is 12.1 Å². The number of carbonyl (C=O) groups is 3. The van der Waals surface area contributed by atoms with Crippen LogP contribution < -0.4 is 10.1 Å². The number of aromatic nitrogens is 1. The maximum absolute atomic E-state index is 13.7. The Labute approximate surface area is 198 Å². The molecule has 0 unspecified atom stereocenters. The molecule has 3 aliphatic heterocycles. The molecule has 0 bridgehead atoms. The van der Waals surface area contributed by atoms with E-state index in [-0.39, 0.29) is 29.7 Å². The summed E-state index contributed by atoms with van der Waals surface area (Å²) in [4.78, 5) is 45.8. The van der Waals surface area contributed by atoms with Crippen LogP contribution in [0.2, 0.25) is 0 Å². The quantitative estimate of drug-likeness (QED) is 0.689. The van der Waals surface area contributed by atoms with Gasteiger partial charge in [0.25, 0.3) is 0 Å². The van der Waals surface area contributed by atoms with Crippen molar-refractivity contribution in [2.45, 2.75) is 69.5 Å². The molecule has 1 aromatic rings. The molecule has 2 N–H and O–H groups in total. The number of hydrogen-bond donors (Lipinski definition) is 2. The van der Waals surface area contributed by atoms with Gasteiger partial charge < -0.3 is 25.0 Å². The lowest BCUT2D eigenvalue weighted by molar-refractivity contribution is -0.146. The molecule has 4 rings (SSSR count). The fraction of sp³-hybridized carbons (Fsp3) is 0.625. The summed E-state index contributed by atoms with van der Waals surface area (Å²) < 4.78 is 5.28. The van der Waals surface area contributed by atoms with Crippen LogP contribution in [0, 0.1) is 24.2 Å². The number of aryl methyl sites for hydroxylation is 1. The third-order valence-corrected chi connectivity index (χ3v) is 7.30. The number of fused-ring (bicyclic) bond motifs is 1. The Hall–Kier alpha value is -3.35. The van der Waals surface area contributed by atoms with Gasteiger partial charge in [-0.3, -0.25) is 9.59 Å². The predicted molar refractivity (Wildman–Crippen MR) is 121 cm³/mol. The highest BCUT2D eigenvalue weighted by Crippen LogP contribution is 2.37. The van der Waals surface area contributed by atoms with Gasteiger partial charge in [0.2, 0.25) is 17.7 Å². The molecule has 10 nitrogen and oxygen atoms in total. The number of nitrogens with one attached hydrogen (secondary N) is 1. The Morgan fingerprint density at radius 2 is 1.97 bits per heavy atom. The van der Waals surface area contributed by atoms with Crippen LogP contribution >= 0.6 is 0 Å². The number of carbonyl (C=O) groups excluding carboxylic acids is 2. The number of nitrogens with zero attached hydrogens (tertiary/aromatic N) is 4. The molecule has 3 amide bonds. The van der Waals surface area contributed by atoms with Gasteiger partial charge in [0, 0.05) is 36.8 Å². The lowest BCUT2D eigenvalue weighted by Gasteiger charge is -2.36. The number of likely N-dealkylation sites (tertiary alicyclic amines) is 1. The number of hydrogen-bond acceptors (Lipinski definition) is 6. The van der Waals surface area contributed by atoms with Gasteiger partial charge in [-0.05, 0) is 44.2 Å². The van der Waals surface area contributed by atoms with Gasteiger partial charge in [-0.25, -0.2) is 9.78 Å². The summed E-state index contributed by atoms with van der Waals surface area (Å²) >= 11 is 0. The number of rotatable bonds is 4. The van der Waals surface area contributed by atoms with E-state index in [0.29, 0.717) is 31.8 Å². The molecule has 0 saturated carbocycles. The summed E-state index contributed by atoms with van der Waals surface area (Å²) in [5.74, 6) is -0.558. The molecule has 4 heterocycles. The average Bonchev–Trinajstić information content (AvgIpc) is 3.42. The summed E-state index contributed by atoms with van der Waals surface area (Å²) in [7, 11) is 1.54. The summed E-state index contributed by atoms with van der Waals surface area (Å²) in [5.41, 5.74) is 1.68. The second kappa shape index (κ2) is 9.87. The van der Waals surface area contributed by atoms with Crippen molar-refractivity contribution in [3.05, 3.63) is 23.4 Å². The first kappa shape index (κ1) is 23.8. The van der Waals surface area contributed by atoms with Crippen LogP contribution in [0.3, 0.4) is 0 Å². The monoisotopic (exact) mass is 469 g/mol. The van der Waals surface area contributed by atoms with Crippen molar-refractivity contribution in [2.75, 3.05) is 20.2 Å². The van der Waals surface area contributed by atoms with Crippen LogP contribution in [-0.2, 0) is 9.59 Å². The molecule has 34 heavy (non-hydrogen) atoms. The number of ether oxygens (including phenoxy) is 1. The number of methoxy groups -OCH3 is 1. The summed E-state index contributed by atoms with van der Waals surface area (Å²) in [6.07, 6.45) is 2.94. The molecule has 3 saturated heterocycles. The van der Waals surface area contributed by atoms with Gasteiger partial charge in [-0.1, -0.05) is 12.8 Å². The molecule has 0 aliphatic carbocycles. The van der Waals surface area contributed by atoms with Crippen LogP contribution in [0.4, 0.5) is 4.79 Å². The van der Waals surface area contributed by atoms with Gasteiger partial charge in [0.15, 0.2) is 0 Å².